The molecule has 0 unspecified atom stereocenters. The van der Waals surface area contributed by atoms with Crippen LogP contribution in [0, 0.1) is 0 Å². The summed E-state index contributed by atoms with van der Waals surface area (Å²) in [6.45, 7) is 0. The van der Waals surface area contributed by atoms with Gasteiger partial charge in [0.15, 0.2) is 0 Å². The Bertz CT molecular complexity index is 698. The average Bonchev–Trinajstić information content (AvgIpc) is 3.32. The first kappa shape index (κ1) is 14.4. The van der Waals surface area contributed by atoms with Gasteiger partial charge < -0.3 is 5.32 Å². The molecule has 1 aromatic carbocycles. The summed E-state index contributed by atoms with van der Waals surface area (Å²) < 4.78 is 13.6. The summed E-state index contributed by atoms with van der Waals surface area (Å²) in [6, 6.07) is 14.1. The molecule has 0 radical (unpaired) electrons. The molecule has 4 heteroatoms. The summed E-state index contributed by atoms with van der Waals surface area (Å²) in [5.41, 5.74) is 1.34. The maximum absolute atomic E-state index is 13.6. The Morgan fingerprint density at radius 2 is 1.96 bits per heavy atom. The number of alkyl halides is 1. The topological polar surface area (TPSA) is 42.0 Å². The van der Waals surface area contributed by atoms with Crippen molar-refractivity contribution in [3.63, 3.8) is 0 Å². The number of aromatic nitrogens is 1. The molecule has 2 aliphatic carbocycles. The number of hydrogen-bond donors (Lipinski definition) is 1. The van der Waals surface area contributed by atoms with Crippen LogP contribution in [-0.2, 0) is 10.2 Å². The number of nitrogens with one attached hydrogen (secondary N) is 1. The molecule has 1 aromatic heterocycles. The van der Waals surface area contributed by atoms with Crippen molar-refractivity contribution in [2.24, 2.45) is 0 Å². The zero-order valence-corrected chi connectivity index (χ0v) is 12.8. The molecule has 2 fully saturated rings. The molecule has 2 saturated carbocycles. The first-order valence-corrected chi connectivity index (χ1v) is 8.09. The third-order valence-corrected chi connectivity index (χ3v) is 5.12. The van der Waals surface area contributed by atoms with Crippen molar-refractivity contribution in [2.75, 3.05) is 0 Å². The molecule has 1 N–H and O–H groups in total. The van der Waals surface area contributed by atoms with E-state index < -0.39 is 11.6 Å². The molecule has 2 aliphatic rings. The van der Waals surface area contributed by atoms with E-state index in [0.29, 0.717) is 5.92 Å². The van der Waals surface area contributed by atoms with E-state index in [4.69, 9.17) is 0 Å². The predicted octanol–water partition coefficient (Wildman–Crippen LogP) is 3.12. The molecule has 0 aliphatic heterocycles. The van der Waals surface area contributed by atoms with E-state index in [1.54, 1.807) is 18.5 Å². The van der Waals surface area contributed by atoms with Gasteiger partial charge in [-0.1, -0.05) is 36.4 Å². The van der Waals surface area contributed by atoms with Crippen LogP contribution in [0.25, 0.3) is 0 Å². The van der Waals surface area contributed by atoms with E-state index >= 15 is 0 Å². The third kappa shape index (κ3) is 2.52. The van der Waals surface area contributed by atoms with Crippen LogP contribution >= 0.6 is 0 Å². The first-order chi connectivity index (χ1) is 11.2. The largest absolute Gasteiger partial charge is 0.352 e. The highest BCUT2D eigenvalue weighted by Gasteiger charge is 2.53. The fraction of sp³-hybridized carbons (Fsp3) is 0.368. The molecule has 23 heavy (non-hydrogen) atoms. The fourth-order valence-corrected chi connectivity index (χ4v) is 3.62. The van der Waals surface area contributed by atoms with Crippen LogP contribution in [-0.4, -0.2) is 23.1 Å². The van der Waals surface area contributed by atoms with Crippen molar-refractivity contribution < 1.29 is 9.18 Å². The monoisotopic (exact) mass is 310 g/mol. The van der Waals surface area contributed by atoms with E-state index in [1.165, 1.54) is 5.56 Å². The number of pyridine rings is 1. The molecule has 2 aromatic rings. The van der Waals surface area contributed by atoms with Gasteiger partial charge in [-0.05, 0) is 36.5 Å². The number of carbonyl (C=O) groups excluding carboxylic acids is 1. The van der Waals surface area contributed by atoms with Gasteiger partial charge in [0.2, 0.25) is 5.91 Å². The Hall–Kier alpha value is -2.23. The minimum atomic E-state index is -0.898. The molecule has 0 spiro atoms. The second kappa shape index (κ2) is 5.44. The fourth-order valence-electron chi connectivity index (χ4n) is 3.62. The van der Waals surface area contributed by atoms with Crippen molar-refractivity contribution in [2.45, 2.75) is 42.8 Å². The summed E-state index contributed by atoms with van der Waals surface area (Å²) >= 11 is 0. The van der Waals surface area contributed by atoms with Crippen LogP contribution in [0.3, 0.4) is 0 Å². The van der Waals surface area contributed by atoms with E-state index in [1.807, 2.05) is 24.3 Å². The normalized spacial score (nSPS) is 32.0. The predicted molar refractivity (Wildman–Crippen MR) is 85.8 cm³/mol. The maximum Gasteiger partial charge on any atom is 0.231 e. The van der Waals surface area contributed by atoms with Crippen LogP contribution in [0.5, 0.6) is 0 Å². The van der Waals surface area contributed by atoms with Crippen LogP contribution in [0.1, 0.15) is 36.3 Å². The van der Waals surface area contributed by atoms with Crippen LogP contribution in [0.2, 0.25) is 0 Å². The maximum atomic E-state index is 13.6. The highest BCUT2D eigenvalue weighted by atomic mass is 19.1. The minimum Gasteiger partial charge on any atom is -0.352 e. The number of carbonyl (C=O) groups is 1. The molecular weight excluding hydrogens is 291 g/mol. The second-order valence-electron chi connectivity index (χ2n) is 6.66. The molecule has 1 heterocycles. The number of amides is 1. The van der Waals surface area contributed by atoms with Gasteiger partial charge in [-0.2, -0.15) is 0 Å². The Balaban J connectivity index is 1.48. The Kier molecular flexibility index (Phi) is 3.40. The highest BCUT2D eigenvalue weighted by Crippen LogP contribution is 2.47. The van der Waals surface area contributed by atoms with Gasteiger partial charge in [0.05, 0.1) is 5.41 Å². The molecule has 3 nitrogen and oxygen atoms in total. The zero-order chi connectivity index (χ0) is 15.9. The van der Waals surface area contributed by atoms with Gasteiger partial charge in [0.1, 0.15) is 6.17 Å². The second-order valence-corrected chi connectivity index (χ2v) is 6.66. The van der Waals surface area contributed by atoms with Crippen molar-refractivity contribution >= 4 is 5.91 Å². The molecule has 4 rings (SSSR count). The van der Waals surface area contributed by atoms with E-state index in [2.05, 4.69) is 22.4 Å². The van der Waals surface area contributed by atoms with Crippen LogP contribution in [0.4, 0.5) is 4.39 Å². The molecule has 118 valence electrons. The van der Waals surface area contributed by atoms with Crippen LogP contribution in [0.15, 0.2) is 54.9 Å². The van der Waals surface area contributed by atoms with E-state index in [0.717, 1.165) is 12.0 Å². The lowest BCUT2D eigenvalue weighted by Crippen LogP contribution is -2.54. The van der Waals surface area contributed by atoms with E-state index in [9.17, 15) is 9.18 Å². The minimum absolute atomic E-state index is 0.0529. The standard InChI is InChI=1S/C19H19FN2O/c20-15-10-19(11-15,14-7-4-8-21-12-14)18(23)22-17-9-16(17)13-5-2-1-3-6-13/h1-8,12,15-17H,9-11H2,(H,22,23)/t15?,16-,17+,19?/m1/s1. The number of nitrogens with zero attached hydrogens (tertiary/aromatic N) is 1. The van der Waals surface area contributed by atoms with Gasteiger partial charge in [-0.25, -0.2) is 4.39 Å². The smallest absolute Gasteiger partial charge is 0.231 e. The van der Waals surface area contributed by atoms with Crippen molar-refractivity contribution in [1.82, 2.24) is 10.3 Å². The summed E-state index contributed by atoms with van der Waals surface area (Å²) in [5.74, 6) is 0.329. The van der Waals surface area contributed by atoms with Gasteiger partial charge in [-0.3, -0.25) is 9.78 Å². The quantitative estimate of drug-likeness (QED) is 0.943. The third-order valence-electron chi connectivity index (χ3n) is 5.12. The highest BCUT2D eigenvalue weighted by molar-refractivity contribution is 5.90. The van der Waals surface area contributed by atoms with Gasteiger partial charge >= 0.3 is 0 Å². The van der Waals surface area contributed by atoms with Gasteiger partial charge in [-0.15, -0.1) is 0 Å². The van der Waals surface area contributed by atoms with Gasteiger partial charge in [0, 0.05) is 24.4 Å². The number of benzene rings is 1. The Morgan fingerprint density at radius 1 is 1.17 bits per heavy atom. The van der Waals surface area contributed by atoms with Crippen molar-refractivity contribution in [3.05, 3.63) is 66.0 Å². The lowest BCUT2D eigenvalue weighted by atomic mass is 9.63. The SMILES string of the molecule is O=C(N[C@H]1C[C@@H]1c1ccccc1)C1(c2cccnc2)CC(F)C1. The summed E-state index contributed by atoms with van der Waals surface area (Å²) in [5, 5.41) is 3.13. The lowest BCUT2D eigenvalue weighted by Gasteiger charge is -2.42. The first-order valence-electron chi connectivity index (χ1n) is 8.09. The van der Waals surface area contributed by atoms with Crippen molar-refractivity contribution in [3.8, 4) is 0 Å². The molecule has 0 bridgehead atoms. The Labute approximate surface area is 134 Å². The summed E-state index contributed by atoms with van der Waals surface area (Å²) in [7, 11) is 0. The number of rotatable bonds is 4. The molecule has 1 amide bonds. The van der Waals surface area contributed by atoms with Crippen molar-refractivity contribution in [1.29, 1.82) is 0 Å². The zero-order valence-electron chi connectivity index (χ0n) is 12.8. The lowest BCUT2D eigenvalue weighted by molar-refractivity contribution is -0.132. The average molecular weight is 310 g/mol. The molecule has 2 atom stereocenters. The molecular formula is C19H19FN2O. The van der Waals surface area contributed by atoms with Gasteiger partial charge in [0.25, 0.3) is 0 Å². The molecule has 0 saturated heterocycles. The summed E-state index contributed by atoms with van der Waals surface area (Å²) in [6.07, 6.45) is 3.93. The Morgan fingerprint density at radius 3 is 2.61 bits per heavy atom. The summed E-state index contributed by atoms with van der Waals surface area (Å²) in [4.78, 5) is 16.9. The van der Waals surface area contributed by atoms with E-state index in [-0.39, 0.29) is 24.8 Å². The van der Waals surface area contributed by atoms with Crippen LogP contribution < -0.4 is 5.32 Å². The number of halogens is 1. The number of hydrogen-bond acceptors (Lipinski definition) is 2.